The molecule has 0 aromatic rings. The minimum Gasteiger partial charge on any atom is -1.00 e. The van der Waals surface area contributed by atoms with Gasteiger partial charge in [0.15, 0.2) is 0 Å². The molecule has 0 saturated heterocycles. The van der Waals surface area contributed by atoms with Crippen molar-refractivity contribution in [3.8, 4) is 0 Å². The van der Waals surface area contributed by atoms with Gasteiger partial charge >= 0.3 is 98.5 Å². The molecule has 0 radical (unpaired) electrons. The van der Waals surface area contributed by atoms with Crippen molar-refractivity contribution in [1.82, 2.24) is 0 Å². The van der Waals surface area contributed by atoms with Gasteiger partial charge in [-0.15, -0.1) is 0 Å². The number of hydrogen-bond acceptors (Lipinski definition) is 2. The molecule has 0 spiro atoms. The second-order valence-electron chi connectivity index (χ2n) is 0.492. The van der Waals surface area contributed by atoms with Crippen molar-refractivity contribution in [3.63, 3.8) is 0 Å². The van der Waals surface area contributed by atoms with E-state index in [0.717, 1.165) is 6.92 Å². The molecule has 7 heavy (non-hydrogen) atoms. The summed E-state index contributed by atoms with van der Waals surface area (Å²) >= 11 is 0. The summed E-state index contributed by atoms with van der Waals surface area (Å²) in [5, 5.41) is 8.89. The molecular formula is C2H3ClCsNaO2. The fourth-order valence-electron chi connectivity index (χ4n) is 0. The molecule has 0 aliphatic heterocycles. The molecule has 0 bridgehead atoms. The van der Waals surface area contributed by atoms with E-state index in [1.165, 1.54) is 0 Å². The van der Waals surface area contributed by atoms with Gasteiger partial charge in [-0.2, -0.15) is 0 Å². The second-order valence-corrected chi connectivity index (χ2v) is 0.492. The fraction of sp³-hybridized carbons (Fsp3) is 0.500. The van der Waals surface area contributed by atoms with E-state index in [1.54, 1.807) is 0 Å². The minimum atomic E-state index is -1.08. The Kier molecular flexibility index (Phi) is 51.3. The standard InChI is InChI=1S/C2H4O2.ClH.Cs.Na/c1-2(3)4;;;/h1H3,(H,3,4);1H;;/q;;2*+1/p-2. The predicted octanol–water partition coefficient (Wildman–Crippen LogP) is -10.2. The van der Waals surface area contributed by atoms with Crippen molar-refractivity contribution < 1.29 is 121 Å². The van der Waals surface area contributed by atoms with Gasteiger partial charge in [-0.25, -0.2) is 0 Å². The first-order valence-corrected chi connectivity index (χ1v) is 0.908. The van der Waals surface area contributed by atoms with E-state index in [1.807, 2.05) is 0 Å². The zero-order valence-electron chi connectivity index (χ0n) is 4.69. The topological polar surface area (TPSA) is 40.1 Å². The van der Waals surface area contributed by atoms with Crippen molar-refractivity contribution in [2.45, 2.75) is 6.92 Å². The van der Waals surface area contributed by atoms with Crippen LogP contribution in [-0.4, -0.2) is 5.97 Å². The largest absolute Gasteiger partial charge is 1.00 e. The number of aliphatic carboxylic acids is 1. The van der Waals surface area contributed by atoms with Crippen molar-refractivity contribution in [3.05, 3.63) is 0 Å². The van der Waals surface area contributed by atoms with E-state index >= 15 is 0 Å². The van der Waals surface area contributed by atoms with E-state index in [9.17, 15) is 0 Å². The summed E-state index contributed by atoms with van der Waals surface area (Å²) in [6.07, 6.45) is 0. The number of halogens is 1. The normalized spacial score (nSPS) is 3.57. The van der Waals surface area contributed by atoms with Crippen LogP contribution in [0.3, 0.4) is 0 Å². The molecule has 0 aliphatic carbocycles. The van der Waals surface area contributed by atoms with Gasteiger partial charge in [0.25, 0.3) is 0 Å². The molecule has 2 nitrogen and oxygen atoms in total. The van der Waals surface area contributed by atoms with Gasteiger partial charge in [0.1, 0.15) is 0 Å². The first kappa shape index (κ1) is 22.6. The molecule has 0 atom stereocenters. The third kappa shape index (κ3) is 51.7. The first-order valence-electron chi connectivity index (χ1n) is 0.908. The average molecular weight is 250 g/mol. The molecule has 0 aliphatic rings. The van der Waals surface area contributed by atoms with Gasteiger partial charge < -0.3 is 22.3 Å². The van der Waals surface area contributed by atoms with Gasteiger partial charge in [-0.05, 0) is 6.92 Å². The van der Waals surface area contributed by atoms with Crippen LogP contribution >= 0.6 is 0 Å². The molecule has 0 aromatic heterocycles. The number of carboxylic acids is 1. The van der Waals surface area contributed by atoms with Gasteiger partial charge in [-0.1, -0.05) is 0 Å². The van der Waals surface area contributed by atoms with Crippen molar-refractivity contribution in [2.75, 3.05) is 0 Å². The maximum atomic E-state index is 8.89. The molecule has 0 aromatic carbocycles. The smallest absolute Gasteiger partial charge is 1.00 e. The zero-order valence-corrected chi connectivity index (χ0v) is 13.7. The number of carboxylic acid groups (broad SMARTS) is 1. The number of carbonyl (C=O) groups excluding carboxylic acids is 1. The molecule has 0 N–H and O–H groups in total. The molecule has 32 valence electrons. The van der Waals surface area contributed by atoms with Gasteiger partial charge in [0.2, 0.25) is 0 Å². The van der Waals surface area contributed by atoms with Crippen LogP contribution in [0.25, 0.3) is 0 Å². The van der Waals surface area contributed by atoms with E-state index in [4.69, 9.17) is 9.90 Å². The number of hydrogen-bond donors (Lipinski definition) is 0. The van der Waals surface area contributed by atoms with Crippen LogP contribution in [0.4, 0.5) is 0 Å². The Balaban J connectivity index is -0.0000000150. The Hall–Kier alpha value is 2.81. The van der Waals surface area contributed by atoms with E-state index in [-0.39, 0.29) is 111 Å². The van der Waals surface area contributed by atoms with Gasteiger partial charge in [-0.3, -0.25) is 0 Å². The molecule has 0 unspecified atom stereocenters. The summed E-state index contributed by atoms with van der Waals surface area (Å²) in [7, 11) is 0. The SMILES string of the molecule is CC(=O)[O-].[Cl-].[Cs+].[Na+]. The van der Waals surface area contributed by atoms with Crippen molar-refractivity contribution in [1.29, 1.82) is 0 Å². The Morgan fingerprint density at radius 3 is 1.57 bits per heavy atom. The predicted molar refractivity (Wildman–Crippen MR) is 10.7 cm³/mol. The summed E-state index contributed by atoms with van der Waals surface area (Å²) in [6.45, 7) is 0.972. The second kappa shape index (κ2) is 15.9. The fourth-order valence-corrected chi connectivity index (χ4v) is 0. The van der Waals surface area contributed by atoms with E-state index in [0.29, 0.717) is 0 Å². The summed E-state index contributed by atoms with van der Waals surface area (Å²) in [4.78, 5) is 8.89. The number of carbonyl (C=O) groups is 1. The summed E-state index contributed by atoms with van der Waals surface area (Å²) < 4.78 is 0. The third-order valence-electron chi connectivity index (χ3n) is 0. The van der Waals surface area contributed by atoms with Crippen LogP contribution in [0.5, 0.6) is 0 Å². The summed E-state index contributed by atoms with van der Waals surface area (Å²) in [5.74, 6) is -1.08. The van der Waals surface area contributed by atoms with E-state index in [2.05, 4.69) is 0 Å². The molecule has 0 rings (SSSR count). The monoisotopic (exact) mass is 250 g/mol. The Morgan fingerprint density at radius 2 is 1.57 bits per heavy atom. The first-order chi connectivity index (χ1) is 1.73. The molecule has 5 heteroatoms. The Bertz CT molecular complexity index is 38.7. The molecular weight excluding hydrogens is 247 g/mol. The average Bonchev–Trinajstić information content (AvgIpc) is 0.811. The third-order valence-corrected chi connectivity index (χ3v) is 0. The van der Waals surface area contributed by atoms with Crippen LogP contribution < -0.4 is 116 Å². The number of rotatable bonds is 0. The molecule has 0 heterocycles. The van der Waals surface area contributed by atoms with Gasteiger partial charge in [0.05, 0.1) is 0 Å². The minimum absolute atomic E-state index is 0. The van der Waals surface area contributed by atoms with Gasteiger partial charge in [0, 0.05) is 5.97 Å². The van der Waals surface area contributed by atoms with Crippen LogP contribution in [0.1, 0.15) is 6.92 Å². The Labute approximate surface area is 130 Å². The molecule has 0 saturated carbocycles. The molecule has 0 amide bonds. The van der Waals surface area contributed by atoms with Crippen molar-refractivity contribution >= 4 is 5.97 Å². The molecule has 0 fully saturated rings. The zero-order chi connectivity index (χ0) is 3.58. The Morgan fingerprint density at radius 1 is 1.57 bits per heavy atom. The summed E-state index contributed by atoms with van der Waals surface area (Å²) in [6, 6.07) is 0. The quantitative estimate of drug-likeness (QED) is 0.401. The summed E-state index contributed by atoms with van der Waals surface area (Å²) in [5.41, 5.74) is 0. The van der Waals surface area contributed by atoms with Crippen molar-refractivity contribution in [2.24, 2.45) is 0 Å². The maximum Gasteiger partial charge on any atom is 1.00 e. The van der Waals surface area contributed by atoms with Crippen LogP contribution in [0.2, 0.25) is 0 Å². The van der Waals surface area contributed by atoms with Crippen LogP contribution in [0.15, 0.2) is 0 Å². The van der Waals surface area contributed by atoms with Crippen LogP contribution in [-0.2, 0) is 4.79 Å². The van der Waals surface area contributed by atoms with E-state index < -0.39 is 5.97 Å². The maximum absolute atomic E-state index is 8.89. The van der Waals surface area contributed by atoms with Crippen LogP contribution in [0, 0.1) is 0 Å².